The Balaban J connectivity index is 1.90. The summed E-state index contributed by atoms with van der Waals surface area (Å²) in [5.74, 6) is 0.0596. The van der Waals surface area contributed by atoms with Crippen LogP contribution in [0, 0.1) is 6.92 Å². The van der Waals surface area contributed by atoms with Gasteiger partial charge in [0.2, 0.25) is 5.91 Å². The fourth-order valence-corrected chi connectivity index (χ4v) is 4.03. The van der Waals surface area contributed by atoms with Gasteiger partial charge >= 0.3 is 0 Å². The van der Waals surface area contributed by atoms with Gasteiger partial charge < -0.3 is 10.6 Å². The highest BCUT2D eigenvalue weighted by atomic mass is 16.1. The van der Waals surface area contributed by atoms with Crippen molar-refractivity contribution >= 4 is 11.6 Å². The van der Waals surface area contributed by atoms with Crippen molar-refractivity contribution in [3.63, 3.8) is 0 Å². The number of amides is 1. The quantitative estimate of drug-likeness (QED) is 0.228. The Bertz CT molecular complexity index is 556. The van der Waals surface area contributed by atoms with Crippen molar-refractivity contribution in [2.45, 2.75) is 117 Å². The van der Waals surface area contributed by atoms with E-state index in [2.05, 4.69) is 49.6 Å². The van der Waals surface area contributed by atoms with E-state index in [9.17, 15) is 4.79 Å². The lowest BCUT2D eigenvalue weighted by Crippen LogP contribution is -2.29. The lowest BCUT2D eigenvalue weighted by atomic mass is 10.0. The molecular weight excluding hydrogens is 368 g/mol. The number of unbranched alkanes of at least 4 members (excludes halogenated alkanes) is 13. The van der Waals surface area contributed by atoms with Crippen LogP contribution in [0.15, 0.2) is 18.2 Å². The molecule has 0 aliphatic rings. The van der Waals surface area contributed by atoms with Crippen LogP contribution < -0.4 is 10.6 Å². The number of benzene rings is 1. The molecule has 1 aromatic rings. The molecule has 0 saturated carbocycles. The monoisotopic (exact) mass is 416 g/mol. The van der Waals surface area contributed by atoms with Crippen LogP contribution in [0.4, 0.5) is 5.69 Å². The van der Waals surface area contributed by atoms with Crippen molar-refractivity contribution in [3.05, 3.63) is 29.3 Å². The van der Waals surface area contributed by atoms with Gasteiger partial charge in [-0.25, -0.2) is 0 Å². The van der Waals surface area contributed by atoms with Crippen LogP contribution in [0.1, 0.15) is 115 Å². The number of rotatable bonds is 19. The molecule has 0 radical (unpaired) electrons. The van der Waals surface area contributed by atoms with Crippen LogP contribution >= 0.6 is 0 Å². The van der Waals surface area contributed by atoms with Crippen molar-refractivity contribution < 1.29 is 4.79 Å². The van der Waals surface area contributed by atoms with Gasteiger partial charge in [0.15, 0.2) is 0 Å². The van der Waals surface area contributed by atoms with Gasteiger partial charge in [-0.1, -0.05) is 116 Å². The minimum absolute atomic E-state index is 0.0596. The maximum atomic E-state index is 12.2. The maximum Gasteiger partial charge on any atom is 0.238 e. The standard InChI is InChI=1S/C27H48N2O/c1-4-6-7-8-9-10-11-12-13-14-15-16-17-18-22-28-23-26(30)29-27-24(3)20-19-21-25(27)5-2/h19-21,28H,4-18,22-23H2,1-3H3,(H,29,30). The summed E-state index contributed by atoms with van der Waals surface area (Å²) in [6.45, 7) is 7.79. The van der Waals surface area contributed by atoms with Crippen molar-refractivity contribution in [1.82, 2.24) is 5.32 Å². The molecule has 3 nitrogen and oxygen atoms in total. The Morgan fingerprint density at radius 1 is 0.767 bits per heavy atom. The van der Waals surface area contributed by atoms with Gasteiger partial charge in [-0.05, 0) is 37.4 Å². The summed E-state index contributed by atoms with van der Waals surface area (Å²) in [5, 5.41) is 6.37. The molecule has 2 N–H and O–H groups in total. The highest BCUT2D eigenvalue weighted by molar-refractivity contribution is 5.93. The molecule has 3 heteroatoms. The van der Waals surface area contributed by atoms with E-state index < -0.39 is 0 Å². The van der Waals surface area contributed by atoms with Gasteiger partial charge in [-0.2, -0.15) is 0 Å². The molecule has 0 atom stereocenters. The topological polar surface area (TPSA) is 41.1 Å². The van der Waals surface area contributed by atoms with Crippen molar-refractivity contribution in [2.24, 2.45) is 0 Å². The third-order valence-corrected chi connectivity index (χ3v) is 6.00. The van der Waals surface area contributed by atoms with E-state index in [4.69, 9.17) is 0 Å². The first-order chi connectivity index (χ1) is 14.7. The maximum absolute atomic E-state index is 12.2. The summed E-state index contributed by atoms with van der Waals surface area (Å²) in [6, 6.07) is 6.19. The zero-order valence-electron chi connectivity index (χ0n) is 20.2. The summed E-state index contributed by atoms with van der Waals surface area (Å²) in [5.41, 5.74) is 3.33. The normalized spacial score (nSPS) is 11.0. The molecule has 0 bridgehead atoms. The van der Waals surface area contributed by atoms with Crippen LogP contribution in [0.2, 0.25) is 0 Å². The predicted octanol–water partition coefficient (Wildman–Crippen LogP) is 7.57. The number of nitrogens with one attached hydrogen (secondary N) is 2. The second kappa shape index (κ2) is 18.4. The molecule has 0 spiro atoms. The fourth-order valence-electron chi connectivity index (χ4n) is 4.03. The Morgan fingerprint density at radius 3 is 1.83 bits per heavy atom. The highest BCUT2D eigenvalue weighted by Crippen LogP contribution is 2.20. The Hall–Kier alpha value is -1.35. The lowest BCUT2D eigenvalue weighted by molar-refractivity contribution is -0.115. The van der Waals surface area contributed by atoms with E-state index in [1.165, 1.54) is 89.0 Å². The van der Waals surface area contributed by atoms with Gasteiger partial charge in [0.1, 0.15) is 0 Å². The molecule has 1 aromatic carbocycles. The van der Waals surface area contributed by atoms with E-state index in [0.29, 0.717) is 6.54 Å². The molecule has 0 saturated heterocycles. The summed E-state index contributed by atoms with van der Waals surface area (Å²) >= 11 is 0. The van der Waals surface area contributed by atoms with Crippen molar-refractivity contribution in [1.29, 1.82) is 0 Å². The van der Waals surface area contributed by atoms with Crippen molar-refractivity contribution in [3.8, 4) is 0 Å². The molecule has 30 heavy (non-hydrogen) atoms. The smallest absolute Gasteiger partial charge is 0.238 e. The van der Waals surface area contributed by atoms with Gasteiger partial charge in [0.05, 0.1) is 6.54 Å². The van der Waals surface area contributed by atoms with Gasteiger partial charge in [-0.3, -0.25) is 4.79 Å². The summed E-state index contributed by atoms with van der Waals surface area (Å²) in [7, 11) is 0. The first-order valence-corrected chi connectivity index (χ1v) is 12.8. The van der Waals surface area contributed by atoms with Crippen LogP contribution in [-0.4, -0.2) is 19.0 Å². The van der Waals surface area contributed by atoms with Gasteiger partial charge in [-0.15, -0.1) is 0 Å². The molecule has 1 rings (SSSR count). The second-order valence-corrected chi connectivity index (χ2v) is 8.78. The zero-order valence-corrected chi connectivity index (χ0v) is 20.2. The van der Waals surface area contributed by atoms with E-state index in [-0.39, 0.29) is 5.91 Å². The first-order valence-electron chi connectivity index (χ1n) is 12.8. The van der Waals surface area contributed by atoms with E-state index >= 15 is 0 Å². The third kappa shape index (κ3) is 13.1. The van der Waals surface area contributed by atoms with Crippen molar-refractivity contribution in [2.75, 3.05) is 18.4 Å². The molecule has 0 unspecified atom stereocenters. The van der Waals surface area contributed by atoms with E-state index in [0.717, 1.165) is 30.6 Å². The number of carbonyl (C=O) groups is 1. The second-order valence-electron chi connectivity index (χ2n) is 8.78. The molecular formula is C27H48N2O. The van der Waals surface area contributed by atoms with E-state index in [1.54, 1.807) is 0 Å². The Labute approximate surface area is 186 Å². The predicted molar refractivity (Wildman–Crippen MR) is 132 cm³/mol. The summed E-state index contributed by atoms with van der Waals surface area (Å²) < 4.78 is 0. The fraction of sp³-hybridized carbons (Fsp3) is 0.741. The number of hydrogen-bond acceptors (Lipinski definition) is 2. The Kier molecular flexibility index (Phi) is 16.4. The summed E-state index contributed by atoms with van der Waals surface area (Å²) in [6.07, 6.45) is 20.2. The van der Waals surface area contributed by atoms with Gasteiger partial charge in [0.25, 0.3) is 0 Å². The molecule has 0 fully saturated rings. The minimum Gasteiger partial charge on any atom is -0.324 e. The number of carbonyl (C=O) groups excluding carboxylic acids is 1. The third-order valence-electron chi connectivity index (χ3n) is 6.00. The molecule has 1 amide bonds. The molecule has 0 heterocycles. The number of para-hydroxylation sites is 1. The number of hydrogen-bond donors (Lipinski definition) is 2. The minimum atomic E-state index is 0.0596. The van der Waals surface area contributed by atoms with E-state index in [1.807, 2.05) is 0 Å². The highest BCUT2D eigenvalue weighted by Gasteiger charge is 2.08. The summed E-state index contributed by atoms with van der Waals surface area (Å²) in [4.78, 5) is 12.2. The largest absolute Gasteiger partial charge is 0.324 e. The van der Waals surface area contributed by atoms with Crippen LogP contribution in [0.3, 0.4) is 0 Å². The molecule has 0 aliphatic heterocycles. The lowest BCUT2D eigenvalue weighted by Gasteiger charge is -2.13. The average Bonchev–Trinajstić information content (AvgIpc) is 2.74. The molecule has 172 valence electrons. The number of aryl methyl sites for hydroxylation is 2. The first kappa shape index (κ1) is 26.7. The van der Waals surface area contributed by atoms with Crippen LogP contribution in [0.5, 0.6) is 0 Å². The van der Waals surface area contributed by atoms with Gasteiger partial charge in [0, 0.05) is 5.69 Å². The Morgan fingerprint density at radius 2 is 1.30 bits per heavy atom. The van der Waals surface area contributed by atoms with Crippen LogP contribution in [-0.2, 0) is 11.2 Å². The SMILES string of the molecule is CCCCCCCCCCCCCCCCNCC(=O)Nc1c(C)cccc1CC. The number of anilines is 1. The van der Waals surface area contributed by atoms with Crippen LogP contribution in [0.25, 0.3) is 0 Å². The molecule has 0 aliphatic carbocycles. The molecule has 0 aromatic heterocycles. The average molecular weight is 417 g/mol. The zero-order chi connectivity index (χ0) is 21.9.